The first kappa shape index (κ1) is 19.1. The molecule has 1 unspecified atom stereocenters. The first-order valence-electron chi connectivity index (χ1n) is 8.34. The zero-order chi connectivity index (χ0) is 18.1. The minimum absolute atomic E-state index is 0.535. The molecular formula is C19H27N3O2S. The Balaban J connectivity index is 1.84. The number of nitrogens with zero attached hydrogens (tertiary/aromatic N) is 1. The highest BCUT2D eigenvalue weighted by Crippen LogP contribution is 2.24. The van der Waals surface area contributed by atoms with Gasteiger partial charge in [0.2, 0.25) is 0 Å². The molecule has 1 aromatic carbocycles. The Hall–Kier alpha value is -2.21. The summed E-state index contributed by atoms with van der Waals surface area (Å²) in [5.41, 5.74) is 1.05. The van der Waals surface area contributed by atoms with Crippen LogP contribution in [0, 0.1) is 5.92 Å². The lowest BCUT2D eigenvalue weighted by Gasteiger charge is -2.17. The van der Waals surface area contributed by atoms with Gasteiger partial charge in [0.05, 0.1) is 14.2 Å². The highest BCUT2D eigenvalue weighted by atomic mass is 32.1. The molecule has 0 saturated heterocycles. The summed E-state index contributed by atoms with van der Waals surface area (Å²) in [6, 6.07) is 10.1. The maximum atomic E-state index is 5.43. The van der Waals surface area contributed by atoms with Crippen LogP contribution in [-0.2, 0) is 13.0 Å². The summed E-state index contributed by atoms with van der Waals surface area (Å²) in [5, 5.41) is 8.85. The summed E-state index contributed by atoms with van der Waals surface area (Å²) >= 11 is 1.81. The predicted molar refractivity (Wildman–Crippen MR) is 105 cm³/mol. The third kappa shape index (κ3) is 5.98. The van der Waals surface area contributed by atoms with Gasteiger partial charge in [-0.3, -0.25) is 4.99 Å². The third-order valence-electron chi connectivity index (χ3n) is 3.91. The van der Waals surface area contributed by atoms with Gasteiger partial charge in [0.1, 0.15) is 11.5 Å². The minimum atomic E-state index is 0.535. The van der Waals surface area contributed by atoms with E-state index in [0.29, 0.717) is 12.5 Å². The fraction of sp³-hybridized carbons (Fsp3) is 0.421. The van der Waals surface area contributed by atoms with Crippen LogP contribution < -0.4 is 20.1 Å². The van der Waals surface area contributed by atoms with Crippen LogP contribution in [-0.4, -0.2) is 33.8 Å². The lowest BCUT2D eigenvalue weighted by Crippen LogP contribution is -2.39. The molecule has 0 aliphatic carbocycles. The number of ether oxygens (including phenoxy) is 2. The Morgan fingerprint density at radius 1 is 1.20 bits per heavy atom. The van der Waals surface area contributed by atoms with Gasteiger partial charge >= 0.3 is 0 Å². The Kier molecular flexibility index (Phi) is 7.60. The zero-order valence-electron chi connectivity index (χ0n) is 15.3. The minimum Gasteiger partial charge on any atom is -0.497 e. The fourth-order valence-corrected chi connectivity index (χ4v) is 3.38. The van der Waals surface area contributed by atoms with Gasteiger partial charge in [-0.25, -0.2) is 0 Å². The Morgan fingerprint density at radius 2 is 2.04 bits per heavy atom. The second kappa shape index (κ2) is 9.93. The number of rotatable bonds is 8. The number of benzene rings is 1. The summed E-state index contributed by atoms with van der Waals surface area (Å²) in [4.78, 5) is 5.71. The van der Waals surface area contributed by atoms with Crippen LogP contribution >= 0.6 is 11.3 Å². The molecule has 6 heteroatoms. The van der Waals surface area contributed by atoms with Crippen LogP contribution in [0.3, 0.4) is 0 Å². The van der Waals surface area contributed by atoms with E-state index in [2.05, 4.69) is 40.1 Å². The van der Waals surface area contributed by atoms with Gasteiger partial charge in [0.15, 0.2) is 5.96 Å². The summed E-state index contributed by atoms with van der Waals surface area (Å²) in [7, 11) is 5.10. The van der Waals surface area contributed by atoms with Crippen LogP contribution in [0.5, 0.6) is 11.5 Å². The number of hydrogen-bond acceptors (Lipinski definition) is 4. The summed E-state index contributed by atoms with van der Waals surface area (Å²) in [6.07, 6.45) is 1.08. The van der Waals surface area contributed by atoms with Crippen LogP contribution in [0.4, 0.5) is 0 Å². The lowest BCUT2D eigenvalue weighted by molar-refractivity contribution is 0.390. The molecule has 5 nitrogen and oxygen atoms in total. The van der Waals surface area contributed by atoms with E-state index in [4.69, 9.17) is 9.47 Å². The van der Waals surface area contributed by atoms with Crippen molar-refractivity contribution in [2.75, 3.05) is 27.8 Å². The van der Waals surface area contributed by atoms with Crippen LogP contribution in [0.15, 0.2) is 40.7 Å². The largest absolute Gasteiger partial charge is 0.497 e. The molecular weight excluding hydrogens is 334 g/mol. The average molecular weight is 362 g/mol. The molecule has 25 heavy (non-hydrogen) atoms. The Labute approximate surface area is 154 Å². The molecule has 0 spiro atoms. The molecule has 136 valence electrons. The van der Waals surface area contributed by atoms with Crippen molar-refractivity contribution in [3.63, 3.8) is 0 Å². The number of guanidine groups is 1. The highest BCUT2D eigenvalue weighted by molar-refractivity contribution is 7.09. The molecule has 2 aromatic rings. The van der Waals surface area contributed by atoms with Gasteiger partial charge in [0, 0.05) is 36.6 Å². The number of aliphatic imine (C=N–C) groups is 1. The molecule has 0 aliphatic rings. The average Bonchev–Trinajstić information content (AvgIpc) is 3.14. The SMILES string of the molecule is CN=C(NCc1ccc(OC)cc1OC)NCC(C)Cc1cccs1. The molecule has 0 radical (unpaired) electrons. The maximum Gasteiger partial charge on any atom is 0.191 e. The van der Waals surface area contributed by atoms with Crippen molar-refractivity contribution >= 4 is 17.3 Å². The lowest BCUT2D eigenvalue weighted by atomic mass is 10.1. The van der Waals surface area contributed by atoms with Crippen LogP contribution in [0.25, 0.3) is 0 Å². The van der Waals surface area contributed by atoms with Crippen molar-refractivity contribution in [2.45, 2.75) is 19.9 Å². The quantitative estimate of drug-likeness (QED) is 0.559. The van der Waals surface area contributed by atoms with Gasteiger partial charge in [0.25, 0.3) is 0 Å². The molecule has 1 heterocycles. The Morgan fingerprint density at radius 3 is 2.68 bits per heavy atom. The van der Waals surface area contributed by atoms with E-state index in [1.165, 1.54) is 4.88 Å². The second-order valence-electron chi connectivity index (χ2n) is 5.87. The van der Waals surface area contributed by atoms with Gasteiger partial charge in [-0.05, 0) is 35.9 Å². The molecule has 1 aromatic heterocycles. The van der Waals surface area contributed by atoms with E-state index in [1.54, 1.807) is 21.3 Å². The van der Waals surface area contributed by atoms with Gasteiger partial charge in [-0.15, -0.1) is 11.3 Å². The maximum absolute atomic E-state index is 5.43. The molecule has 0 fully saturated rings. The first-order valence-corrected chi connectivity index (χ1v) is 9.22. The smallest absolute Gasteiger partial charge is 0.191 e. The molecule has 0 aliphatic heterocycles. The van der Waals surface area contributed by atoms with Crippen LogP contribution in [0.2, 0.25) is 0 Å². The third-order valence-corrected chi connectivity index (χ3v) is 4.81. The molecule has 2 rings (SSSR count). The van der Waals surface area contributed by atoms with Crippen molar-refractivity contribution < 1.29 is 9.47 Å². The normalized spacial score (nSPS) is 12.6. The summed E-state index contributed by atoms with van der Waals surface area (Å²) < 4.78 is 10.7. The molecule has 2 N–H and O–H groups in total. The monoisotopic (exact) mass is 361 g/mol. The highest BCUT2D eigenvalue weighted by Gasteiger charge is 2.08. The van der Waals surface area contributed by atoms with Gasteiger partial charge in [-0.1, -0.05) is 13.0 Å². The Bertz CT molecular complexity index is 671. The number of thiophene rings is 1. The van der Waals surface area contributed by atoms with E-state index in [-0.39, 0.29) is 0 Å². The molecule has 0 saturated carbocycles. The number of nitrogens with one attached hydrogen (secondary N) is 2. The standard InChI is InChI=1S/C19H27N3O2S/c1-14(10-17-6-5-9-25-17)12-21-19(20-2)22-13-15-7-8-16(23-3)11-18(15)24-4/h5-9,11,14H,10,12-13H2,1-4H3,(H2,20,21,22). The van der Waals surface area contributed by atoms with E-state index >= 15 is 0 Å². The predicted octanol–water partition coefficient (Wildman–Crippen LogP) is 3.31. The molecule has 0 bridgehead atoms. The van der Waals surface area contributed by atoms with Gasteiger partial charge in [-0.2, -0.15) is 0 Å². The van der Waals surface area contributed by atoms with E-state index in [9.17, 15) is 0 Å². The second-order valence-corrected chi connectivity index (χ2v) is 6.91. The van der Waals surface area contributed by atoms with Crippen molar-refractivity contribution in [3.8, 4) is 11.5 Å². The van der Waals surface area contributed by atoms with Crippen LogP contribution in [0.1, 0.15) is 17.4 Å². The first-order chi connectivity index (χ1) is 12.2. The fourth-order valence-electron chi connectivity index (χ4n) is 2.51. The van der Waals surface area contributed by atoms with E-state index < -0.39 is 0 Å². The van der Waals surface area contributed by atoms with Crippen molar-refractivity contribution in [1.29, 1.82) is 0 Å². The number of methoxy groups -OCH3 is 2. The summed E-state index contributed by atoms with van der Waals surface area (Å²) in [5.74, 6) is 2.91. The summed E-state index contributed by atoms with van der Waals surface area (Å²) in [6.45, 7) is 3.75. The van der Waals surface area contributed by atoms with E-state index in [0.717, 1.165) is 36.0 Å². The van der Waals surface area contributed by atoms with Crippen molar-refractivity contribution in [1.82, 2.24) is 10.6 Å². The topological polar surface area (TPSA) is 54.9 Å². The molecule has 0 amide bonds. The van der Waals surface area contributed by atoms with E-state index in [1.807, 2.05) is 29.5 Å². The van der Waals surface area contributed by atoms with Gasteiger partial charge < -0.3 is 20.1 Å². The molecule has 1 atom stereocenters. The van der Waals surface area contributed by atoms with Crippen molar-refractivity contribution in [2.24, 2.45) is 10.9 Å². The number of hydrogen-bond donors (Lipinski definition) is 2. The zero-order valence-corrected chi connectivity index (χ0v) is 16.2. The van der Waals surface area contributed by atoms with Crippen molar-refractivity contribution in [3.05, 3.63) is 46.2 Å².